The molecule has 2 rings (SSSR count). The van der Waals surface area contributed by atoms with Crippen LogP contribution in [0.25, 0.3) is 0 Å². The number of methoxy groups -OCH3 is 1. The maximum atomic E-state index is 11.8. The molecule has 0 spiro atoms. The van der Waals surface area contributed by atoms with Crippen molar-refractivity contribution < 1.29 is 9.53 Å². The molecule has 100 valence electrons. The Morgan fingerprint density at radius 1 is 1.78 bits per heavy atom. The van der Waals surface area contributed by atoms with Gasteiger partial charge in [-0.15, -0.1) is 0 Å². The summed E-state index contributed by atoms with van der Waals surface area (Å²) in [6, 6.07) is 0. The molecule has 2 N–H and O–H groups in total. The number of rotatable bonds is 4. The number of ether oxygens (including phenoxy) is 1. The van der Waals surface area contributed by atoms with Gasteiger partial charge in [0.1, 0.15) is 5.54 Å². The molecule has 6 heteroatoms. The Hall–Kier alpha value is -0.630. The molecule has 0 saturated heterocycles. The van der Waals surface area contributed by atoms with Crippen LogP contribution in [0, 0.1) is 9.49 Å². The lowest BCUT2D eigenvalue weighted by Crippen LogP contribution is -2.51. The van der Waals surface area contributed by atoms with Gasteiger partial charge in [-0.25, -0.2) is 0 Å². The maximum absolute atomic E-state index is 11.8. The Labute approximate surface area is 120 Å². The summed E-state index contributed by atoms with van der Waals surface area (Å²) in [7, 11) is 1.40. The fraction of sp³-hybridized carbons (Fsp3) is 0.667. The second-order valence-electron chi connectivity index (χ2n) is 4.83. The monoisotopic (exact) mass is 363 g/mol. The van der Waals surface area contributed by atoms with Crippen LogP contribution in [-0.4, -0.2) is 28.4 Å². The van der Waals surface area contributed by atoms with Gasteiger partial charge in [0, 0.05) is 12.7 Å². The van der Waals surface area contributed by atoms with Crippen molar-refractivity contribution in [3.05, 3.63) is 16.0 Å². The highest BCUT2D eigenvalue weighted by atomic mass is 127. The number of esters is 1. The molecule has 0 aromatic carbocycles. The van der Waals surface area contributed by atoms with Crippen LogP contribution < -0.4 is 5.73 Å². The molecule has 5 nitrogen and oxygen atoms in total. The third-order valence-electron chi connectivity index (χ3n) is 3.75. The molecule has 1 heterocycles. The van der Waals surface area contributed by atoms with Crippen LogP contribution in [0.1, 0.15) is 25.7 Å². The van der Waals surface area contributed by atoms with Crippen molar-refractivity contribution in [2.24, 2.45) is 11.7 Å². The van der Waals surface area contributed by atoms with E-state index in [1.165, 1.54) is 7.11 Å². The van der Waals surface area contributed by atoms with Crippen LogP contribution >= 0.6 is 22.6 Å². The van der Waals surface area contributed by atoms with Crippen molar-refractivity contribution in [2.75, 3.05) is 7.11 Å². The number of aryl methyl sites for hydroxylation is 1. The van der Waals surface area contributed by atoms with E-state index in [4.69, 9.17) is 10.5 Å². The summed E-state index contributed by atoms with van der Waals surface area (Å²) in [6.07, 6.45) is 7.39. The molecule has 0 amide bonds. The first kappa shape index (κ1) is 13.8. The Morgan fingerprint density at radius 2 is 2.56 bits per heavy atom. The molecule has 1 aromatic heterocycles. The maximum Gasteiger partial charge on any atom is 0.326 e. The Kier molecular flexibility index (Phi) is 4.26. The van der Waals surface area contributed by atoms with E-state index in [0.29, 0.717) is 0 Å². The summed E-state index contributed by atoms with van der Waals surface area (Å²) in [6.45, 7) is 0.795. The molecule has 2 atom stereocenters. The number of nitrogens with zero attached hydrogens (tertiary/aromatic N) is 2. The average molecular weight is 363 g/mol. The van der Waals surface area contributed by atoms with E-state index < -0.39 is 5.54 Å². The highest BCUT2D eigenvalue weighted by Crippen LogP contribution is 2.37. The standard InChI is InChI=1S/C12H18IN3O2/c1-18-11(17)12(14)5-2-3-9(12)4-6-16-8-10(13)7-15-16/h7-9H,2-6,14H2,1H3. The summed E-state index contributed by atoms with van der Waals surface area (Å²) in [5.74, 6) is -0.0909. The highest BCUT2D eigenvalue weighted by molar-refractivity contribution is 14.1. The highest BCUT2D eigenvalue weighted by Gasteiger charge is 2.46. The van der Waals surface area contributed by atoms with Crippen molar-refractivity contribution in [1.82, 2.24) is 9.78 Å². The lowest BCUT2D eigenvalue weighted by molar-refractivity contribution is -0.148. The van der Waals surface area contributed by atoms with E-state index in [1.54, 1.807) is 0 Å². The summed E-state index contributed by atoms with van der Waals surface area (Å²) in [5.41, 5.74) is 5.42. The summed E-state index contributed by atoms with van der Waals surface area (Å²) >= 11 is 2.23. The van der Waals surface area contributed by atoms with Crippen molar-refractivity contribution in [2.45, 2.75) is 37.8 Å². The molecule has 0 radical (unpaired) electrons. The van der Waals surface area contributed by atoms with E-state index in [2.05, 4.69) is 27.7 Å². The lowest BCUT2D eigenvalue weighted by atomic mass is 9.85. The van der Waals surface area contributed by atoms with Crippen LogP contribution in [-0.2, 0) is 16.1 Å². The number of hydrogen-bond acceptors (Lipinski definition) is 4. The quantitative estimate of drug-likeness (QED) is 0.651. The number of aromatic nitrogens is 2. The molecule has 1 aliphatic rings. The minimum Gasteiger partial charge on any atom is -0.468 e. The second kappa shape index (κ2) is 5.56. The third kappa shape index (κ3) is 2.69. The van der Waals surface area contributed by atoms with E-state index >= 15 is 0 Å². The SMILES string of the molecule is COC(=O)C1(N)CCCC1CCn1cc(I)cn1. The van der Waals surface area contributed by atoms with E-state index in [-0.39, 0.29) is 11.9 Å². The Morgan fingerprint density at radius 3 is 3.17 bits per heavy atom. The van der Waals surface area contributed by atoms with Gasteiger partial charge in [-0.3, -0.25) is 9.48 Å². The minimum absolute atomic E-state index is 0.187. The van der Waals surface area contributed by atoms with Crippen LogP contribution in [0.5, 0.6) is 0 Å². The van der Waals surface area contributed by atoms with Crippen molar-refractivity contribution >= 4 is 28.6 Å². The van der Waals surface area contributed by atoms with Crippen LogP contribution in [0.3, 0.4) is 0 Å². The molecule has 0 bridgehead atoms. The zero-order valence-corrected chi connectivity index (χ0v) is 12.6. The first-order valence-corrected chi connectivity index (χ1v) is 7.19. The molecule has 0 aliphatic heterocycles. The lowest BCUT2D eigenvalue weighted by Gasteiger charge is -2.28. The van der Waals surface area contributed by atoms with Crippen LogP contribution in [0.4, 0.5) is 0 Å². The fourth-order valence-corrected chi connectivity index (χ4v) is 3.16. The van der Waals surface area contributed by atoms with Crippen LogP contribution in [0.2, 0.25) is 0 Å². The Balaban J connectivity index is 1.98. The van der Waals surface area contributed by atoms with Gasteiger partial charge < -0.3 is 10.5 Å². The smallest absolute Gasteiger partial charge is 0.326 e. The molecule has 1 saturated carbocycles. The molecular weight excluding hydrogens is 345 g/mol. The fourth-order valence-electron chi connectivity index (χ4n) is 2.71. The molecule has 2 unspecified atom stereocenters. The normalized spacial score (nSPS) is 27.4. The average Bonchev–Trinajstić information content (AvgIpc) is 2.93. The first-order valence-electron chi connectivity index (χ1n) is 6.11. The van der Waals surface area contributed by atoms with Gasteiger partial charge in [0.25, 0.3) is 0 Å². The summed E-state index contributed by atoms with van der Waals surface area (Å²) in [4.78, 5) is 11.8. The first-order chi connectivity index (χ1) is 8.56. The molecular formula is C12H18IN3O2. The van der Waals surface area contributed by atoms with Crippen molar-refractivity contribution in [3.63, 3.8) is 0 Å². The molecule has 1 aliphatic carbocycles. The second-order valence-corrected chi connectivity index (χ2v) is 6.08. The van der Waals surface area contributed by atoms with Gasteiger partial charge in [0.15, 0.2) is 0 Å². The van der Waals surface area contributed by atoms with Gasteiger partial charge in [0.2, 0.25) is 0 Å². The van der Waals surface area contributed by atoms with Crippen LogP contribution in [0.15, 0.2) is 12.4 Å². The van der Waals surface area contributed by atoms with Gasteiger partial charge in [0.05, 0.1) is 16.9 Å². The van der Waals surface area contributed by atoms with Gasteiger partial charge in [-0.05, 0) is 47.8 Å². The van der Waals surface area contributed by atoms with E-state index in [9.17, 15) is 4.79 Å². The van der Waals surface area contributed by atoms with Crippen molar-refractivity contribution in [3.8, 4) is 0 Å². The van der Waals surface area contributed by atoms with E-state index in [0.717, 1.165) is 35.8 Å². The Bertz CT molecular complexity index is 435. The van der Waals surface area contributed by atoms with Gasteiger partial charge >= 0.3 is 5.97 Å². The zero-order chi connectivity index (χ0) is 13.2. The number of hydrogen-bond donors (Lipinski definition) is 1. The van der Waals surface area contributed by atoms with E-state index in [1.807, 2.05) is 17.1 Å². The molecule has 1 fully saturated rings. The van der Waals surface area contributed by atoms with Gasteiger partial charge in [-0.2, -0.15) is 5.10 Å². The topological polar surface area (TPSA) is 70.1 Å². The minimum atomic E-state index is -0.797. The number of carbonyl (C=O) groups excluding carboxylic acids is 1. The largest absolute Gasteiger partial charge is 0.468 e. The molecule has 18 heavy (non-hydrogen) atoms. The number of nitrogens with two attached hydrogens (primary N) is 1. The predicted octanol–water partition coefficient (Wildman–Crippen LogP) is 1.55. The predicted molar refractivity (Wildman–Crippen MR) is 75.8 cm³/mol. The number of halogens is 1. The molecule has 1 aromatic rings. The number of carbonyl (C=O) groups is 1. The summed E-state index contributed by atoms with van der Waals surface area (Å²) < 4.78 is 7.85. The third-order valence-corrected chi connectivity index (χ3v) is 4.30. The van der Waals surface area contributed by atoms with Crippen molar-refractivity contribution in [1.29, 1.82) is 0 Å². The summed E-state index contributed by atoms with van der Waals surface area (Å²) in [5, 5.41) is 4.24. The zero-order valence-electron chi connectivity index (χ0n) is 10.4. The van der Waals surface area contributed by atoms with Gasteiger partial charge in [-0.1, -0.05) is 6.42 Å².